The van der Waals surface area contributed by atoms with E-state index in [4.69, 9.17) is 14.9 Å². The standard InChI is InChI=1S/C11H16N4O3/c1-5-3-11(12,4-5)9-15-14-8(18-9)7-6(2)17-10(16)13-7/h5-7H,3-4,12H2,1-2H3,(H,13,16)/t5?,6-,7+,11?/m1/s1. The molecule has 2 heterocycles. The van der Waals surface area contributed by atoms with Crippen LogP contribution in [0.4, 0.5) is 4.79 Å². The zero-order valence-corrected chi connectivity index (χ0v) is 10.3. The van der Waals surface area contributed by atoms with E-state index in [0.717, 1.165) is 12.8 Å². The van der Waals surface area contributed by atoms with Crippen LogP contribution in [-0.2, 0) is 10.3 Å². The molecule has 2 fully saturated rings. The molecule has 1 saturated carbocycles. The highest BCUT2D eigenvalue weighted by molar-refractivity contribution is 5.70. The third kappa shape index (κ3) is 1.66. The van der Waals surface area contributed by atoms with Gasteiger partial charge < -0.3 is 20.2 Å². The van der Waals surface area contributed by atoms with Crippen molar-refractivity contribution < 1.29 is 13.9 Å². The summed E-state index contributed by atoms with van der Waals surface area (Å²) in [5, 5.41) is 10.6. The van der Waals surface area contributed by atoms with Crippen LogP contribution in [0.15, 0.2) is 4.42 Å². The zero-order valence-electron chi connectivity index (χ0n) is 10.3. The molecule has 2 aliphatic rings. The topological polar surface area (TPSA) is 103 Å². The smallest absolute Gasteiger partial charge is 0.408 e. The normalized spacial score (nSPS) is 39.1. The minimum Gasteiger partial charge on any atom is -0.444 e. The van der Waals surface area contributed by atoms with Gasteiger partial charge in [-0.05, 0) is 25.7 Å². The fourth-order valence-electron chi connectivity index (χ4n) is 2.70. The fraction of sp³-hybridized carbons (Fsp3) is 0.727. The molecule has 1 amide bonds. The molecule has 3 N–H and O–H groups in total. The molecule has 1 aliphatic carbocycles. The molecule has 0 bridgehead atoms. The van der Waals surface area contributed by atoms with Crippen molar-refractivity contribution in [2.24, 2.45) is 11.7 Å². The zero-order chi connectivity index (χ0) is 12.9. The van der Waals surface area contributed by atoms with E-state index in [1.807, 2.05) is 0 Å². The van der Waals surface area contributed by atoms with Crippen LogP contribution in [0.3, 0.4) is 0 Å². The van der Waals surface area contributed by atoms with Crippen LogP contribution in [-0.4, -0.2) is 22.4 Å². The fourth-order valence-corrected chi connectivity index (χ4v) is 2.70. The maximum absolute atomic E-state index is 11.1. The van der Waals surface area contributed by atoms with Crippen molar-refractivity contribution >= 4 is 6.09 Å². The highest BCUT2D eigenvalue weighted by atomic mass is 16.6. The summed E-state index contributed by atoms with van der Waals surface area (Å²) in [5.41, 5.74) is 5.67. The number of aromatic nitrogens is 2. The van der Waals surface area contributed by atoms with E-state index in [0.29, 0.717) is 17.7 Å². The van der Waals surface area contributed by atoms with Gasteiger partial charge in [0.05, 0.1) is 5.54 Å². The number of hydrogen-bond acceptors (Lipinski definition) is 6. The van der Waals surface area contributed by atoms with Crippen molar-refractivity contribution in [1.82, 2.24) is 15.5 Å². The Balaban J connectivity index is 1.80. The average Bonchev–Trinajstić information content (AvgIpc) is 2.82. The Kier molecular flexibility index (Phi) is 2.34. The molecule has 18 heavy (non-hydrogen) atoms. The number of carbonyl (C=O) groups is 1. The summed E-state index contributed by atoms with van der Waals surface area (Å²) in [7, 11) is 0. The first-order valence-corrected chi connectivity index (χ1v) is 6.08. The second kappa shape index (κ2) is 3.68. The molecule has 3 rings (SSSR count). The Morgan fingerprint density at radius 3 is 2.67 bits per heavy atom. The highest BCUT2D eigenvalue weighted by Gasteiger charge is 2.45. The third-order valence-electron chi connectivity index (χ3n) is 3.59. The van der Waals surface area contributed by atoms with Gasteiger partial charge in [-0.1, -0.05) is 6.92 Å². The van der Waals surface area contributed by atoms with Crippen molar-refractivity contribution in [3.63, 3.8) is 0 Å². The molecule has 1 aliphatic heterocycles. The molecular weight excluding hydrogens is 236 g/mol. The van der Waals surface area contributed by atoms with Crippen LogP contribution in [0.1, 0.15) is 44.5 Å². The molecule has 0 spiro atoms. The Hall–Kier alpha value is -1.63. The molecule has 7 nitrogen and oxygen atoms in total. The Morgan fingerprint density at radius 1 is 1.39 bits per heavy atom. The lowest BCUT2D eigenvalue weighted by molar-refractivity contribution is 0.120. The lowest BCUT2D eigenvalue weighted by Gasteiger charge is -2.40. The van der Waals surface area contributed by atoms with Gasteiger partial charge in [-0.15, -0.1) is 10.2 Å². The van der Waals surface area contributed by atoms with E-state index < -0.39 is 11.6 Å². The number of alkyl carbamates (subject to hydrolysis) is 1. The van der Waals surface area contributed by atoms with Gasteiger partial charge in [-0.2, -0.15) is 0 Å². The largest absolute Gasteiger partial charge is 0.444 e. The number of nitrogens with one attached hydrogen (secondary N) is 1. The summed E-state index contributed by atoms with van der Waals surface area (Å²) in [6.45, 7) is 3.91. The first kappa shape index (κ1) is 11.5. The van der Waals surface area contributed by atoms with Crippen molar-refractivity contribution in [3.8, 4) is 0 Å². The molecule has 98 valence electrons. The number of nitrogens with two attached hydrogens (primary N) is 1. The Labute approximate surface area is 104 Å². The minimum absolute atomic E-state index is 0.320. The van der Waals surface area contributed by atoms with Gasteiger partial charge in [-0.25, -0.2) is 4.79 Å². The molecule has 0 unspecified atom stereocenters. The van der Waals surface area contributed by atoms with Crippen molar-refractivity contribution in [1.29, 1.82) is 0 Å². The van der Waals surface area contributed by atoms with Crippen LogP contribution < -0.4 is 11.1 Å². The van der Waals surface area contributed by atoms with E-state index in [1.54, 1.807) is 6.92 Å². The van der Waals surface area contributed by atoms with Crippen LogP contribution in [0, 0.1) is 5.92 Å². The van der Waals surface area contributed by atoms with E-state index in [1.165, 1.54) is 0 Å². The highest BCUT2D eigenvalue weighted by Crippen LogP contribution is 2.42. The number of cyclic esters (lactones) is 1. The Morgan fingerprint density at radius 2 is 2.11 bits per heavy atom. The second-order valence-electron chi connectivity index (χ2n) is 5.35. The van der Waals surface area contributed by atoms with E-state index in [2.05, 4.69) is 22.4 Å². The summed E-state index contributed by atoms with van der Waals surface area (Å²) < 4.78 is 10.6. The number of nitrogens with zero attached hydrogens (tertiary/aromatic N) is 2. The van der Waals surface area contributed by atoms with Crippen molar-refractivity contribution in [2.75, 3.05) is 0 Å². The van der Waals surface area contributed by atoms with Crippen LogP contribution in [0.2, 0.25) is 0 Å². The van der Waals surface area contributed by atoms with Crippen molar-refractivity contribution in [3.05, 3.63) is 11.8 Å². The first-order chi connectivity index (χ1) is 8.48. The number of rotatable bonds is 2. The second-order valence-corrected chi connectivity index (χ2v) is 5.35. The maximum atomic E-state index is 11.1. The van der Waals surface area contributed by atoms with Gasteiger partial charge in [0, 0.05) is 0 Å². The molecule has 7 heteroatoms. The van der Waals surface area contributed by atoms with Gasteiger partial charge in [0.1, 0.15) is 12.1 Å². The van der Waals surface area contributed by atoms with Gasteiger partial charge in [0.15, 0.2) is 0 Å². The summed E-state index contributed by atoms with van der Waals surface area (Å²) in [5.74, 6) is 1.38. The van der Waals surface area contributed by atoms with E-state index in [9.17, 15) is 4.79 Å². The van der Waals surface area contributed by atoms with E-state index in [-0.39, 0.29) is 12.1 Å². The van der Waals surface area contributed by atoms with Gasteiger partial charge in [0.2, 0.25) is 11.8 Å². The predicted octanol–water partition coefficient (Wildman–Crippen LogP) is 0.823. The monoisotopic (exact) mass is 252 g/mol. The van der Waals surface area contributed by atoms with Gasteiger partial charge >= 0.3 is 6.09 Å². The summed E-state index contributed by atoms with van der Waals surface area (Å²) in [4.78, 5) is 11.1. The predicted molar refractivity (Wildman–Crippen MR) is 60.4 cm³/mol. The first-order valence-electron chi connectivity index (χ1n) is 6.08. The number of hydrogen-bond donors (Lipinski definition) is 2. The Bertz CT molecular complexity index is 480. The molecule has 1 aromatic rings. The maximum Gasteiger partial charge on any atom is 0.408 e. The molecule has 2 atom stereocenters. The quantitative estimate of drug-likeness (QED) is 0.807. The number of carbonyl (C=O) groups excluding carboxylic acids is 1. The van der Waals surface area contributed by atoms with Gasteiger partial charge in [0.25, 0.3) is 0 Å². The van der Waals surface area contributed by atoms with Gasteiger partial charge in [-0.3, -0.25) is 0 Å². The van der Waals surface area contributed by atoms with Crippen LogP contribution in [0.25, 0.3) is 0 Å². The summed E-state index contributed by atoms with van der Waals surface area (Å²) in [6.07, 6.45) is 0.905. The van der Waals surface area contributed by atoms with Crippen molar-refractivity contribution in [2.45, 2.75) is 44.4 Å². The summed E-state index contributed by atoms with van der Waals surface area (Å²) >= 11 is 0. The third-order valence-corrected chi connectivity index (χ3v) is 3.59. The molecule has 1 aromatic heterocycles. The number of amides is 1. The molecule has 0 aromatic carbocycles. The molecular formula is C11H16N4O3. The number of ether oxygens (including phenoxy) is 1. The van der Waals surface area contributed by atoms with Crippen LogP contribution >= 0.6 is 0 Å². The SMILES string of the molecule is CC1CC(N)(c2nnc([C@H]3NC(=O)O[C@@H]3C)o2)C1. The minimum atomic E-state index is -0.503. The lowest BCUT2D eigenvalue weighted by Crippen LogP contribution is -2.48. The average molecular weight is 252 g/mol. The molecule has 0 radical (unpaired) electrons. The summed E-state index contributed by atoms with van der Waals surface area (Å²) in [6, 6.07) is -0.389. The van der Waals surface area contributed by atoms with Crippen LogP contribution in [0.5, 0.6) is 0 Å². The van der Waals surface area contributed by atoms with E-state index >= 15 is 0 Å². The lowest BCUT2D eigenvalue weighted by atomic mass is 9.70. The molecule has 1 saturated heterocycles.